The Bertz CT molecular complexity index is 1160. The molecule has 4 rings (SSSR count). The third-order valence-corrected chi connectivity index (χ3v) is 6.18. The van der Waals surface area contributed by atoms with Gasteiger partial charge in [0.1, 0.15) is 16.5 Å². The van der Waals surface area contributed by atoms with Crippen LogP contribution in [0, 0.1) is 0 Å². The molecule has 0 fully saturated rings. The van der Waals surface area contributed by atoms with E-state index in [1.165, 1.54) is 18.3 Å². The van der Waals surface area contributed by atoms with Crippen LogP contribution >= 0.6 is 11.3 Å². The van der Waals surface area contributed by atoms with Gasteiger partial charge in [-0.2, -0.15) is 0 Å². The molecule has 7 nitrogen and oxygen atoms in total. The van der Waals surface area contributed by atoms with Crippen molar-refractivity contribution in [3.8, 4) is 11.5 Å². The molecule has 3 N–H and O–H groups in total. The van der Waals surface area contributed by atoms with Gasteiger partial charge in [-0.3, -0.25) is 14.4 Å². The topological polar surface area (TPSA) is 102 Å². The molecule has 0 aliphatic carbocycles. The van der Waals surface area contributed by atoms with Crippen molar-refractivity contribution in [1.82, 2.24) is 4.90 Å². The third-order valence-electron chi connectivity index (χ3n) is 5.05. The minimum absolute atomic E-state index is 0.0273. The van der Waals surface area contributed by atoms with Crippen LogP contribution in [0.15, 0.2) is 54.6 Å². The molecule has 1 aliphatic rings. The largest absolute Gasteiger partial charge is 0.457 e. The molecule has 0 radical (unpaired) electrons. The van der Waals surface area contributed by atoms with Crippen LogP contribution in [-0.2, 0) is 17.8 Å². The summed E-state index contributed by atoms with van der Waals surface area (Å²) >= 11 is 1.28. The number of nitrogens with one attached hydrogen (secondary N) is 1. The quantitative estimate of drug-likeness (QED) is 0.636. The monoisotopic (exact) mass is 435 g/mol. The summed E-state index contributed by atoms with van der Waals surface area (Å²) in [6.45, 7) is 2.44. The Hall–Kier alpha value is -3.65. The number of hydrogen-bond donors (Lipinski definition) is 2. The van der Waals surface area contributed by atoms with Gasteiger partial charge in [-0.1, -0.05) is 24.3 Å². The van der Waals surface area contributed by atoms with E-state index in [1.807, 2.05) is 30.3 Å². The van der Waals surface area contributed by atoms with Gasteiger partial charge in [-0.05, 0) is 42.3 Å². The van der Waals surface area contributed by atoms with Crippen LogP contribution in [0.4, 0.5) is 5.00 Å². The maximum Gasteiger partial charge on any atom is 0.256 e. The zero-order valence-corrected chi connectivity index (χ0v) is 17.7. The second-order valence-electron chi connectivity index (χ2n) is 7.16. The van der Waals surface area contributed by atoms with Gasteiger partial charge in [-0.15, -0.1) is 11.3 Å². The van der Waals surface area contributed by atoms with Crippen molar-refractivity contribution < 1.29 is 19.1 Å². The second kappa shape index (κ2) is 8.61. The maximum atomic E-state index is 12.9. The predicted octanol–water partition coefficient (Wildman–Crippen LogP) is 3.80. The lowest BCUT2D eigenvalue weighted by Gasteiger charge is -2.25. The van der Waals surface area contributed by atoms with Crippen LogP contribution < -0.4 is 15.8 Å². The van der Waals surface area contributed by atoms with Crippen molar-refractivity contribution in [2.75, 3.05) is 11.9 Å². The molecule has 0 atom stereocenters. The lowest BCUT2D eigenvalue weighted by molar-refractivity contribution is -0.129. The summed E-state index contributed by atoms with van der Waals surface area (Å²) in [5, 5.41) is 3.23. The molecular weight excluding hydrogens is 414 g/mol. The Balaban J connectivity index is 1.57. The van der Waals surface area contributed by atoms with Gasteiger partial charge in [0.2, 0.25) is 5.91 Å². The molecule has 158 valence electrons. The average Bonchev–Trinajstić information content (AvgIpc) is 3.11. The molecule has 0 spiro atoms. The van der Waals surface area contributed by atoms with Crippen molar-refractivity contribution in [3.63, 3.8) is 0 Å². The number of fused-ring (bicyclic) bond motifs is 1. The van der Waals surface area contributed by atoms with E-state index in [9.17, 15) is 14.4 Å². The molecule has 0 saturated carbocycles. The number of nitrogens with two attached hydrogens (primary N) is 1. The summed E-state index contributed by atoms with van der Waals surface area (Å²) in [4.78, 5) is 39.3. The molecule has 1 aromatic heterocycles. The molecule has 0 saturated heterocycles. The summed E-state index contributed by atoms with van der Waals surface area (Å²) in [7, 11) is 0. The minimum atomic E-state index is -0.592. The molecular formula is C23H21N3O4S. The standard InChI is InChI=1S/C23H21N3O4S/c1-14(27)26-11-10-18-19(13-26)31-23(20(18)21(24)28)25-22(29)15-6-5-9-17(12-15)30-16-7-3-2-4-8-16/h2-9,12H,10-11,13H2,1H3,(H2,24,28)(H,25,29). The Morgan fingerprint density at radius 1 is 1.06 bits per heavy atom. The number of hydrogen-bond acceptors (Lipinski definition) is 5. The van der Waals surface area contributed by atoms with Crippen LogP contribution in [0.1, 0.15) is 38.1 Å². The van der Waals surface area contributed by atoms with Crippen molar-refractivity contribution in [2.45, 2.75) is 19.9 Å². The third kappa shape index (κ3) is 4.44. The number of carbonyl (C=O) groups excluding carboxylic acids is 3. The highest BCUT2D eigenvalue weighted by molar-refractivity contribution is 7.17. The van der Waals surface area contributed by atoms with Gasteiger partial charge in [-0.25, -0.2) is 0 Å². The number of nitrogens with zero attached hydrogens (tertiary/aromatic N) is 1. The maximum absolute atomic E-state index is 12.9. The zero-order valence-electron chi connectivity index (χ0n) is 16.9. The number of benzene rings is 2. The number of anilines is 1. The Labute approximate surface area is 183 Å². The number of ether oxygens (including phenoxy) is 1. The Morgan fingerprint density at radius 3 is 2.52 bits per heavy atom. The van der Waals surface area contributed by atoms with Crippen LogP contribution in [0.2, 0.25) is 0 Å². The van der Waals surface area contributed by atoms with Crippen LogP contribution in [0.5, 0.6) is 11.5 Å². The van der Waals surface area contributed by atoms with Gasteiger partial charge in [0.15, 0.2) is 0 Å². The number of thiophene rings is 1. The summed E-state index contributed by atoms with van der Waals surface area (Å²) in [6.07, 6.45) is 0.528. The lowest BCUT2D eigenvalue weighted by Crippen LogP contribution is -2.34. The highest BCUT2D eigenvalue weighted by Gasteiger charge is 2.28. The first-order chi connectivity index (χ1) is 14.9. The first-order valence-corrected chi connectivity index (χ1v) is 10.6. The first-order valence-electron chi connectivity index (χ1n) is 9.76. The zero-order chi connectivity index (χ0) is 22.0. The molecule has 2 aromatic carbocycles. The van der Waals surface area contributed by atoms with Crippen molar-refractivity contribution in [2.24, 2.45) is 5.73 Å². The van der Waals surface area contributed by atoms with Crippen LogP contribution in [0.25, 0.3) is 0 Å². The molecule has 8 heteroatoms. The van der Waals surface area contributed by atoms with Crippen LogP contribution in [0.3, 0.4) is 0 Å². The second-order valence-corrected chi connectivity index (χ2v) is 8.26. The van der Waals surface area contributed by atoms with E-state index < -0.39 is 5.91 Å². The van der Waals surface area contributed by atoms with Gasteiger partial charge in [0.05, 0.1) is 12.1 Å². The Morgan fingerprint density at radius 2 is 1.81 bits per heavy atom. The van der Waals surface area contributed by atoms with E-state index in [1.54, 1.807) is 29.2 Å². The summed E-state index contributed by atoms with van der Waals surface area (Å²) < 4.78 is 5.79. The summed E-state index contributed by atoms with van der Waals surface area (Å²) in [5.41, 5.74) is 7.15. The van der Waals surface area contributed by atoms with E-state index >= 15 is 0 Å². The fourth-order valence-electron chi connectivity index (χ4n) is 3.52. The molecule has 1 aliphatic heterocycles. The molecule has 31 heavy (non-hydrogen) atoms. The number of carbonyl (C=O) groups is 3. The van der Waals surface area contributed by atoms with E-state index in [2.05, 4.69) is 5.32 Å². The van der Waals surface area contributed by atoms with Gasteiger partial charge < -0.3 is 20.7 Å². The van der Waals surface area contributed by atoms with Crippen molar-refractivity contribution in [1.29, 1.82) is 0 Å². The van der Waals surface area contributed by atoms with Crippen molar-refractivity contribution in [3.05, 3.63) is 76.2 Å². The minimum Gasteiger partial charge on any atom is -0.457 e. The van der Waals surface area contributed by atoms with E-state index in [-0.39, 0.29) is 11.8 Å². The smallest absolute Gasteiger partial charge is 0.256 e. The number of rotatable bonds is 5. The predicted molar refractivity (Wildman–Crippen MR) is 119 cm³/mol. The summed E-state index contributed by atoms with van der Waals surface area (Å²) in [5.74, 6) is 0.197. The summed E-state index contributed by atoms with van der Waals surface area (Å²) in [6, 6.07) is 16.1. The number of para-hydroxylation sites is 1. The molecule has 3 amide bonds. The lowest BCUT2D eigenvalue weighted by atomic mass is 10.0. The highest BCUT2D eigenvalue weighted by Crippen LogP contribution is 2.37. The molecule has 2 heterocycles. The number of primary amides is 1. The number of amides is 3. The fraction of sp³-hybridized carbons (Fsp3) is 0.174. The highest BCUT2D eigenvalue weighted by atomic mass is 32.1. The van der Waals surface area contributed by atoms with Crippen LogP contribution in [-0.4, -0.2) is 29.2 Å². The van der Waals surface area contributed by atoms with Crippen molar-refractivity contribution >= 4 is 34.1 Å². The first kappa shape index (κ1) is 20.6. The van der Waals surface area contributed by atoms with Gasteiger partial charge >= 0.3 is 0 Å². The SMILES string of the molecule is CC(=O)N1CCc2c(sc(NC(=O)c3cccc(Oc4ccccc4)c3)c2C(N)=O)C1. The fourth-order valence-corrected chi connectivity index (χ4v) is 4.79. The van der Waals surface area contributed by atoms with Gasteiger partial charge in [0.25, 0.3) is 11.8 Å². The van der Waals surface area contributed by atoms with E-state index in [0.29, 0.717) is 47.1 Å². The Kier molecular flexibility index (Phi) is 5.73. The van der Waals surface area contributed by atoms with E-state index in [0.717, 1.165) is 10.4 Å². The molecule has 3 aromatic rings. The average molecular weight is 436 g/mol. The normalized spacial score (nSPS) is 12.7. The van der Waals surface area contributed by atoms with E-state index in [4.69, 9.17) is 10.5 Å². The molecule has 0 bridgehead atoms. The molecule has 0 unspecified atom stereocenters. The van der Waals surface area contributed by atoms with Gasteiger partial charge in [0, 0.05) is 23.9 Å².